The van der Waals surface area contributed by atoms with Crippen LogP contribution in [0.2, 0.25) is 0 Å². The Balaban J connectivity index is 1.70. The molecule has 6 nitrogen and oxygen atoms in total. The minimum Gasteiger partial charge on any atom is -0.343 e. The van der Waals surface area contributed by atoms with E-state index in [-0.39, 0.29) is 16.5 Å². The van der Waals surface area contributed by atoms with Gasteiger partial charge >= 0.3 is 6.18 Å². The van der Waals surface area contributed by atoms with E-state index in [4.69, 9.17) is 0 Å². The third kappa shape index (κ3) is 4.36. The lowest BCUT2D eigenvalue weighted by atomic mass is 10.1. The Morgan fingerprint density at radius 1 is 1.15 bits per heavy atom. The monoisotopic (exact) mass is 391 g/mol. The third-order valence-electron chi connectivity index (χ3n) is 4.69. The van der Waals surface area contributed by atoms with Crippen molar-refractivity contribution >= 4 is 15.9 Å². The highest BCUT2D eigenvalue weighted by molar-refractivity contribution is 7.89. The topological polar surface area (TPSA) is 78.5 Å². The van der Waals surface area contributed by atoms with Crippen LogP contribution in [0.1, 0.15) is 29.6 Å². The summed E-state index contributed by atoms with van der Waals surface area (Å²) in [5.74, 6) is -0.900. The summed E-state index contributed by atoms with van der Waals surface area (Å²) < 4.78 is 63.5. The van der Waals surface area contributed by atoms with Gasteiger partial charge in [-0.25, -0.2) is 8.42 Å². The lowest BCUT2D eigenvalue weighted by Gasteiger charge is -2.23. The number of nitrogens with zero attached hydrogens (tertiary/aromatic N) is 1. The van der Waals surface area contributed by atoms with E-state index in [1.165, 1.54) is 28.6 Å². The summed E-state index contributed by atoms with van der Waals surface area (Å²) in [6.07, 6.45) is -1.76. The van der Waals surface area contributed by atoms with Gasteiger partial charge in [0.2, 0.25) is 10.0 Å². The van der Waals surface area contributed by atoms with E-state index >= 15 is 0 Å². The second kappa shape index (κ2) is 7.16. The van der Waals surface area contributed by atoms with Crippen LogP contribution in [0.5, 0.6) is 0 Å². The summed E-state index contributed by atoms with van der Waals surface area (Å²) >= 11 is 0. The molecule has 3 rings (SSSR count). The van der Waals surface area contributed by atoms with Crippen LogP contribution >= 0.6 is 0 Å². The zero-order valence-electron chi connectivity index (χ0n) is 13.9. The van der Waals surface area contributed by atoms with Crippen molar-refractivity contribution in [1.29, 1.82) is 0 Å². The van der Waals surface area contributed by atoms with E-state index in [1.807, 2.05) is 0 Å². The highest BCUT2D eigenvalue weighted by Crippen LogP contribution is 2.25. The molecule has 2 unspecified atom stereocenters. The number of hydrogen-bond donors (Lipinski definition) is 2. The fourth-order valence-electron chi connectivity index (χ4n) is 3.34. The predicted molar refractivity (Wildman–Crippen MR) is 88.2 cm³/mol. The minimum absolute atomic E-state index is 0.0233. The number of fused-ring (bicyclic) bond motifs is 2. The van der Waals surface area contributed by atoms with E-state index in [0.29, 0.717) is 19.1 Å². The summed E-state index contributed by atoms with van der Waals surface area (Å²) in [7, 11) is -3.70. The Hall–Kier alpha value is -1.65. The van der Waals surface area contributed by atoms with E-state index in [9.17, 15) is 26.4 Å². The van der Waals surface area contributed by atoms with Gasteiger partial charge in [-0.1, -0.05) is 0 Å². The molecule has 2 atom stereocenters. The minimum atomic E-state index is -4.50. The molecule has 2 fully saturated rings. The maximum absolute atomic E-state index is 12.8. The number of amides is 1. The van der Waals surface area contributed by atoms with Crippen molar-refractivity contribution < 1.29 is 26.4 Å². The first-order valence-electron chi connectivity index (χ1n) is 8.36. The average molecular weight is 391 g/mol. The Labute approximate surface area is 149 Å². The maximum atomic E-state index is 12.8. The van der Waals surface area contributed by atoms with Crippen molar-refractivity contribution in [3.8, 4) is 0 Å². The lowest BCUT2D eigenvalue weighted by Crippen LogP contribution is -2.39. The number of nitrogens with one attached hydrogen (secondary N) is 2. The van der Waals surface area contributed by atoms with Crippen molar-refractivity contribution in [3.63, 3.8) is 0 Å². The van der Waals surface area contributed by atoms with Crippen LogP contribution in [0.3, 0.4) is 0 Å². The second-order valence-corrected chi connectivity index (χ2v) is 8.55. The van der Waals surface area contributed by atoms with Gasteiger partial charge in [0.1, 0.15) is 6.54 Å². The van der Waals surface area contributed by atoms with Gasteiger partial charge in [-0.3, -0.25) is 4.79 Å². The smallest absolute Gasteiger partial charge is 0.343 e. The van der Waals surface area contributed by atoms with Crippen LogP contribution in [-0.2, 0) is 10.0 Å². The van der Waals surface area contributed by atoms with Gasteiger partial charge in [0, 0.05) is 30.7 Å². The van der Waals surface area contributed by atoms with E-state index < -0.39 is 28.7 Å². The maximum Gasteiger partial charge on any atom is 0.405 e. The van der Waals surface area contributed by atoms with Crippen LogP contribution in [0.4, 0.5) is 13.2 Å². The zero-order valence-corrected chi connectivity index (χ0v) is 14.7. The Kier molecular flexibility index (Phi) is 5.27. The summed E-state index contributed by atoms with van der Waals surface area (Å²) in [4.78, 5) is 11.7. The number of rotatable bonds is 4. The van der Waals surface area contributed by atoms with Gasteiger partial charge in [-0.05, 0) is 43.5 Å². The normalized spacial score (nSPS) is 24.3. The average Bonchev–Trinajstić information content (AvgIpc) is 2.90. The molecule has 26 heavy (non-hydrogen) atoms. The number of halogens is 3. The fraction of sp³-hybridized carbons (Fsp3) is 0.562. The number of alkyl halides is 3. The summed E-state index contributed by atoms with van der Waals surface area (Å²) in [6, 6.07) is 5.45. The highest BCUT2D eigenvalue weighted by Gasteiger charge is 2.35. The fourth-order valence-corrected chi connectivity index (χ4v) is 4.84. The molecule has 2 bridgehead atoms. The van der Waals surface area contributed by atoms with Gasteiger partial charge in [0.25, 0.3) is 5.91 Å². The molecule has 2 aliphatic rings. The van der Waals surface area contributed by atoms with Crippen LogP contribution in [0, 0.1) is 0 Å². The molecule has 2 aliphatic heterocycles. The molecule has 1 aromatic rings. The first-order chi connectivity index (χ1) is 12.1. The zero-order chi connectivity index (χ0) is 18.9. The molecule has 0 spiro atoms. The van der Waals surface area contributed by atoms with Gasteiger partial charge in [-0.15, -0.1) is 0 Å². The van der Waals surface area contributed by atoms with Crippen molar-refractivity contribution in [2.75, 3.05) is 19.6 Å². The standard InChI is InChI=1S/C16H20F3N3O3S/c17-16(18,19)10-20-15(23)11-1-5-14(6-2-11)26(24,25)22-8-7-12-3-4-13(9-22)21-12/h1-2,5-6,12-13,21H,3-4,7-10H2,(H,20,23). The van der Waals surface area contributed by atoms with E-state index in [2.05, 4.69) is 5.32 Å². The van der Waals surface area contributed by atoms with Crippen LogP contribution < -0.4 is 10.6 Å². The summed E-state index contributed by atoms with van der Waals surface area (Å²) in [5, 5.41) is 5.16. The molecule has 1 aromatic carbocycles. The van der Waals surface area contributed by atoms with Crippen molar-refractivity contribution in [3.05, 3.63) is 29.8 Å². The third-order valence-corrected chi connectivity index (χ3v) is 6.57. The lowest BCUT2D eigenvalue weighted by molar-refractivity contribution is -0.123. The van der Waals surface area contributed by atoms with Crippen molar-refractivity contribution in [1.82, 2.24) is 14.9 Å². The Bertz CT molecular complexity index is 765. The molecule has 144 valence electrons. The van der Waals surface area contributed by atoms with Gasteiger partial charge in [0.15, 0.2) is 0 Å². The van der Waals surface area contributed by atoms with Crippen LogP contribution in [-0.4, -0.2) is 56.5 Å². The molecule has 2 N–H and O–H groups in total. The molecular formula is C16H20F3N3O3S. The predicted octanol–water partition coefficient (Wildman–Crippen LogP) is 1.49. The van der Waals surface area contributed by atoms with Gasteiger partial charge in [-0.2, -0.15) is 17.5 Å². The van der Waals surface area contributed by atoms with Crippen LogP contribution in [0.25, 0.3) is 0 Å². The summed E-state index contributed by atoms with van der Waals surface area (Å²) in [6.45, 7) is -0.619. The second-order valence-electron chi connectivity index (χ2n) is 6.61. The van der Waals surface area contributed by atoms with Crippen LogP contribution in [0.15, 0.2) is 29.2 Å². The molecule has 0 radical (unpaired) electrons. The van der Waals surface area contributed by atoms with Gasteiger partial charge < -0.3 is 10.6 Å². The number of sulfonamides is 1. The molecule has 10 heteroatoms. The van der Waals surface area contributed by atoms with Crippen molar-refractivity contribution in [2.45, 2.75) is 42.4 Å². The molecule has 2 heterocycles. The number of hydrogen-bond acceptors (Lipinski definition) is 4. The summed E-state index contributed by atoms with van der Waals surface area (Å²) in [5.41, 5.74) is -0.0233. The first-order valence-corrected chi connectivity index (χ1v) is 9.80. The number of carbonyl (C=O) groups is 1. The SMILES string of the molecule is O=C(NCC(F)(F)F)c1ccc(S(=O)(=O)N2CCC3CCC(C2)N3)cc1. The Morgan fingerprint density at radius 3 is 2.46 bits per heavy atom. The number of benzene rings is 1. The molecule has 0 saturated carbocycles. The largest absolute Gasteiger partial charge is 0.405 e. The molecule has 1 amide bonds. The van der Waals surface area contributed by atoms with E-state index in [0.717, 1.165) is 19.3 Å². The van der Waals surface area contributed by atoms with E-state index in [1.54, 1.807) is 5.32 Å². The number of carbonyl (C=O) groups excluding carboxylic acids is 1. The molecule has 0 aromatic heterocycles. The quantitative estimate of drug-likeness (QED) is 0.815. The molecule has 0 aliphatic carbocycles. The first kappa shape index (κ1) is 19.1. The highest BCUT2D eigenvalue weighted by atomic mass is 32.2. The molecule has 2 saturated heterocycles. The Morgan fingerprint density at radius 2 is 1.81 bits per heavy atom. The van der Waals surface area contributed by atoms with Gasteiger partial charge in [0.05, 0.1) is 4.90 Å². The molecular weight excluding hydrogens is 371 g/mol. The van der Waals surface area contributed by atoms with Crippen molar-refractivity contribution in [2.24, 2.45) is 0 Å².